The SMILES string of the molecule is Cc1ccnc(C2CCN(C(=O)C3CCC(F)(F)CC3)C2)n1. The van der Waals surface area contributed by atoms with E-state index in [1.54, 1.807) is 6.20 Å². The monoisotopic (exact) mass is 309 g/mol. The Balaban J connectivity index is 1.59. The highest BCUT2D eigenvalue weighted by atomic mass is 19.3. The zero-order valence-electron chi connectivity index (χ0n) is 12.8. The molecule has 1 saturated heterocycles. The lowest BCUT2D eigenvalue weighted by atomic mass is 9.86. The Bertz CT molecular complexity index is 554. The third-order valence-electron chi connectivity index (χ3n) is 4.74. The van der Waals surface area contributed by atoms with Crippen LogP contribution in [0.15, 0.2) is 12.3 Å². The van der Waals surface area contributed by atoms with Gasteiger partial charge in [0.15, 0.2) is 0 Å². The van der Waals surface area contributed by atoms with Crippen LogP contribution < -0.4 is 0 Å². The molecule has 0 aromatic carbocycles. The number of carbonyl (C=O) groups is 1. The topological polar surface area (TPSA) is 46.1 Å². The van der Waals surface area contributed by atoms with Crippen molar-refractivity contribution in [1.82, 2.24) is 14.9 Å². The molecular formula is C16H21F2N3O. The third kappa shape index (κ3) is 3.25. The van der Waals surface area contributed by atoms with Gasteiger partial charge in [-0.1, -0.05) is 0 Å². The molecule has 1 aromatic rings. The van der Waals surface area contributed by atoms with E-state index < -0.39 is 5.92 Å². The number of nitrogens with zero attached hydrogens (tertiary/aromatic N) is 3. The van der Waals surface area contributed by atoms with Gasteiger partial charge in [-0.15, -0.1) is 0 Å². The zero-order valence-corrected chi connectivity index (χ0v) is 12.8. The Morgan fingerprint density at radius 3 is 2.73 bits per heavy atom. The van der Waals surface area contributed by atoms with Crippen LogP contribution in [-0.4, -0.2) is 39.8 Å². The van der Waals surface area contributed by atoms with Crippen molar-refractivity contribution in [2.45, 2.75) is 50.9 Å². The number of likely N-dealkylation sites (tertiary alicyclic amines) is 1. The number of hydrogen-bond donors (Lipinski definition) is 0. The fourth-order valence-electron chi connectivity index (χ4n) is 3.38. The Morgan fingerprint density at radius 1 is 1.32 bits per heavy atom. The van der Waals surface area contributed by atoms with Crippen LogP contribution in [0, 0.1) is 12.8 Å². The minimum atomic E-state index is -2.58. The predicted octanol–water partition coefficient (Wildman–Crippen LogP) is 2.93. The zero-order chi connectivity index (χ0) is 15.7. The van der Waals surface area contributed by atoms with Gasteiger partial charge in [0.2, 0.25) is 11.8 Å². The average Bonchev–Trinajstić information content (AvgIpc) is 2.96. The molecule has 0 radical (unpaired) electrons. The molecule has 0 spiro atoms. The molecule has 1 saturated carbocycles. The van der Waals surface area contributed by atoms with Crippen LogP contribution in [0.5, 0.6) is 0 Å². The molecule has 0 bridgehead atoms. The van der Waals surface area contributed by atoms with Gasteiger partial charge in [-0.2, -0.15) is 0 Å². The molecule has 2 fully saturated rings. The summed E-state index contributed by atoms with van der Waals surface area (Å²) in [5.74, 6) is -1.85. The maximum absolute atomic E-state index is 13.2. The van der Waals surface area contributed by atoms with Crippen LogP contribution in [0.25, 0.3) is 0 Å². The summed E-state index contributed by atoms with van der Waals surface area (Å²) in [6, 6.07) is 1.85. The van der Waals surface area contributed by atoms with E-state index in [0.717, 1.165) is 17.9 Å². The van der Waals surface area contributed by atoms with E-state index in [0.29, 0.717) is 25.9 Å². The minimum Gasteiger partial charge on any atom is -0.342 e. The first kappa shape index (κ1) is 15.3. The van der Waals surface area contributed by atoms with Crippen molar-refractivity contribution in [3.63, 3.8) is 0 Å². The number of hydrogen-bond acceptors (Lipinski definition) is 3. The molecule has 1 aromatic heterocycles. The van der Waals surface area contributed by atoms with E-state index in [-0.39, 0.29) is 30.6 Å². The molecule has 2 heterocycles. The molecule has 0 N–H and O–H groups in total. The van der Waals surface area contributed by atoms with Crippen LogP contribution in [0.1, 0.15) is 49.5 Å². The Kier molecular flexibility index (Phi) is 4.10. The van der Waals surface area contributed by atoms with E-state index in [4.69, 9.17) is 0 Å². The molecule has 2 aliphatic rings. The molecule has 1 atom stereocenters. The lowest BCUT2D eigenvalue weighted by Crippen LogP contribution is -2.38. The number of aryl methyl sites for hydroxylation is 1. The van der Waals surface area contributed by atoms with Crippen molar-refractivity contribution >= 4 is 5.91 Å². The summed E-state index contributed by atoms with van der Waals surface area (Å²) in [4.78, 5) is 23.0. The summed E-state index contributed by atoms with van der Waals surface area (Å²) in [6.07, 6.45) is 2.86. The minimum absolute atomic E-state index is 0.0330. The smallest absolute Gasteiger partial charge is 0.248 e. The standard InChI is InChI=1S/C16H21F2N3O/c1-11-4-8-19-14(20-11)13-5-9-21(10-13)15(22)12-2-6-16(17,18)7-3-12/h4,8,12-13H,2-3,5-7,9-10H2,1H3. The van der Waals surface area contributed by atoms with Crippen molar-refractivity contribution in [1.29, 1.82) is 0 Å². The molecule has 1 amide bonds. The van der Waals surface area contributed by atoms with Crippen LogP contribution in [0.4, 0.5) is 8.78 Å². The van der Waals surface area contributed by atoms with Crippen LogP contribution >= 0.6 is 0 Å². The maximum Gasteiger partial charge on any atom is 0.248 e. The van der Waals surface area contributed by atoms with Crippen molar-refractivity contribution in [3.8, 4) is 0 Å². The van der Waals surface area contributed by atoms with Gasteiger partial charge in [-0.25, -0.2) is 18.7 Å². The van der Waals surface area contributed by atoms with Gasteiger partial charge in [0.05, 0.1) is 0 Å². The number of rotatable bonds is 2. The summed E-state index contributed by atoms with van der Waals surface area (Å²) < 4.78 is 26.4. The van der Waals surface area contributed by atoms with Crippen LogP contribution in [0.2, 0.25) is 0 Å². The lowest BCUT2D eigenvalue weighted by Gasteiger charge is -2.30. The third-order valence-corrected chi connectivity index (χ3v) is 4.74. The van der Waals surface area contributed by atoms with Crippen LogP contribution in [0.3, 0.4) is 0 Å². The Morgan fingerprint density at radius 2 is 2.05 bits per heavy atom. The predicted molar refractivity (Wildman–Crippen MR) is 77.6 cm³/mol. The van der Waals surface area contributed by atoms with Gasteiger partial charge in [0, 0.05) is 49.7 Å². The summed E-state index contributed by atoms with van der Waals surface area (Å²) >= 11 is 0. The normalized spacial score (nSPS) is 25.4. The van der Waals surface area contributed by atoms with Gasteiger partial charge in [0.1, 0.15) is 5.82 Å². The van der Waals surface area contributed by atoms with Gasteiger partial charge < -0.3 is 4.90 Å². The number of carbonyl (C=O) groups excluding carboxylic acids is 1. The number of alkyl halides is 2. The molecule has 6 heteroatoms. The molecule has 3 rings (SSSR count). The van der Waals surface area contributed by atoms with E-state index >= 15 is 0 Å². The Labute approximate surface area is 128 Å². The van der Waals surface area contributed by atoms with Crippen molar-refractivity contribution in [2.75, 3.05) is 13.1 Å². The second-order valence-corrected chi connectivity index (χ2v) is 6.46. The average molecular weight is 309 g/mol. The Hall–Kier alpha value is -1.59. The van der Waals surface area contributed by atoms with Gasteiger partial charge >= 0.3 is 0 Å². The first-order valence-corrected chi connectivity index (χ1v) is 7.91. The highest BCUT2D eigenvalue weighted by Crippen LogP contribution is 2.37. The fourth-order valence-corrected chi connectivity index (χ4v) is 3.38. The molecule has 22 heavy (non-hydrogen) atoms. The van der Waals surface area contributed by atoms with E-state index in [1.807, 2.05) is 17.9 Å². The second kappa shape index (κ2) is 5.89. The fraction of sp³-hybridized carbons (Fsp3) is 0.688. The van der Waals surface area contributed by atoms with E-state index in [2.05, 4.69) is 9.97 Å². The van der Waals surface area contributed by atoms with Crippen molar-refractivity contribution in [3.05, 3.63) is 23.8 Å². The highest BCUT2D eigenvalue weighted by molar-refractivity contribution is 5.79. The van der Waals surface area contributed by atoms with E-state index in [9.17, 15) is 13.6 Å². The first-order valence-electron chi connectivity index (χ1n) is 7.91. The van der Waals surface area contributed by atoms with Gasteiger partial charge in [-0.3, -0.25) is 4.79 Å². The largest absolute Gasteiger partial charge is 0.342 e. The number of amides is 1. The summed E-state index contributed by atoms with van der Waals surface area (Å²) in [7, 11) is 0. The summed E-state index contributed by atoms with van der Waals surface area (Å²) in [5, 5.41) is 0. The maximum atomic E-state index is 13.2. The molecular weight excluding hydrogens is 288 g/mol. The highest BCUT2D eigenvalue weighted by Gasteiger charge is 2.40. The lowest BCUT2D eigenvalue weighted by molar-refractivity contribution is -0.138. The van der Waals surface area contributed by atoms with Crippen LogP contribution in [-0.2, 0) is 4.79 Å². The molecule has 120 valence electrons. The van der Waals surface area contributed by atoms with Crippen molar-refractivity contribution in [2.24, 2.45) is 5.92 Å². The van der Waals surface area contributed by atoms with Crippen molar-refractivity contribution < 1.29 is 13.6 Å². The molecule has 4 nitrogen and oxygen atoms in total. The first-order chi connectivity index (χ1) is 10.4. The molecule has 1 aliphatic heterocycles. The number of halogens is 2. The molecule has 1 aliphatic carbocycles. The molecule has 1 unspecified atom stereocenters. The quantitative estimate of drug-likeness (QED) is 0.844. The summed E-state index contributed by atoms with van der Waals surface area (Å²) in [6.45, 7) is 3.20. The summed E-state index contributed by atoms with van der Waals surface area (Å²) in [5.41, 5.74) is 0.921. The van der Waals surface area contributed by atoms with Gasteiger partial charge in [0.25, 0.3) is 0 Å². The van der Waals surface area contributed by atoms with E-state index in [1.165, 1.54) is 0 Å². The number of aromatic nitrogens is 2. The van der Waals surface area contributed by atoms with Gasteiger partial charge in [-0.05, 0) is 32.3 Å². The second-order valence-electron chi connectivity index (χ2n) is 6.46.